The van der Waals surface area contributed by atoms with Crippen LogP contribution in [0.15, 0.2) is 18.2 Å². The third-order valence-electron chi connectivity index (χ3n) is 4.10. The molecule has 7 heteroatoms. The Labute approximate surface area is 134 Å². The van der Waals surface area contributed by atoms with Crippen LogP contribution in [0.3, 0.4) is 0 Å². The van der Waals surface area contributed by atoms with Crippen LogP contribution >= 0.6 is 0 Å². The second-order valence-corrected chi connectivity index (χ2v) is 5.82. The maximum Gasteiger partial charge on any atom is 0.282 e. The lowest BCUT2D eigenvalue weighted by Gasteiger charge is -2.16. The van der Waals surface area contributed by atoms with E-state index in [0.29, 0.717) is 19.1 Å². The van der Waals surface area contributed by atoms with Crippen LogP contribution in [-0.4, -0.2) is 30.0 Å². The predicted molar refractivity (Wildman–Crippen MR) is 84.9 cm³/mol. The van der Waals surface area contributed by atoms with Crippen molar-refractivity contribution in [3.63, 3.8) is 0 Å². The van der Waals surface area contributed by atoms with Crippen molar-refractivity contribution >= 4 is 11.6 Å². The number of nitrogens with zero attached hydrogens (tertiary/aromatic N) is 1. The maximum absolute atomic E-state index is 13.2. The number of carbonyl (C=O) groups is 1. The molecule has 126 valence electrons. The Morgan fingerprint density at radius 2 is 1.91 bits per heavy atom. The average molecular weight is 323 g/mol. The maximum atomic E-state index is 13.2. The van der Waals surface area contributed by atoms with E-state index in [1.165, 1.54) is 25.7 Å². The van der Waals surface area contributed by atoms with E-state index >= 15 is 0 Å². The zero-order valence-corrected chi connectivity index (χ0v) is 13.0. The molecule has 1 aromatic carbocycles. The van der Waals surface area contributed by atoms with E-state index in [2.05, 4.69) is 10.6 Å². The van der Waals surface area contributed by atoms with E-state index in [0.717, 1.165) is 31.0 Å². The van der Waals surface area contributed by atoms with Crippen LogP contribution in [0.5, 0.6) is 0 Å². The number of nitro benzene ring substituents is 1. The molecule has 0 saturated heterocycles. The largest absolute Gasteiger partial charge is 0.351 e. The summed E-state index contributed by atoms with van der Waals surface area (Å²) in [5.74, 6) is -1.30. The van der Waals surface area contributed by atoms with Gasteiger partial charge in [0.05, 0.1) is 4.92 Å². The molecule has 1 amide bonds. The van der Waals surface area contributed by atoms with Crippen LogP contribution in [0.25, 0.3) is 0 Å². The quantitative estimate of drug-likeness (QED) is 0.365. The summed E-state index contributed by atoms with van der Waals surface area (Å²) in [5.41, 5.74) is -0.634. The first-order valence-corrected chi connectivity index (χ1v) is 8.03. The lowest BCUT2D eigenvalue weighted by atomic mass is 10.1. The number of amides is 1. The molecule has 2 rings (SSSR count). The van der Waals surface area contributed by atoms with Gasteiger partial charge in [-0.05, 0) is 25.0 Å². The highest BCUT2D eigenvalue weighted by atomic mass is 19.1. The fourth-order valence-electron chi connectivity index (χ4n) is 2.88. The zero-order valence-electron chi connectivity index (χ0n) is 13.0. The third kappa shape index (κ3) is 5.28. The number of nitro groups is 1. The minimum Gasteiger partial charge on any atom is -0.351 e. The molecule has 2 N–H and O–H groups in total. The monoisotopic (exact) mass is 323 g/mol. The fraction of sp³-hybridized carbons (Fsp3) is 0.562. The van der Waals surface area contributed by atoms with Crippen LogP contribution < -0.4 is 10.6 Å². The molecule has 0 radical (unpaired) electrons. The molecule has 0 atom stereocenters. The molecule has 23 heavy (non-hydrogen) atoms. The highest BCUT2D eigenvalue weighted by Gasteiger charge is 2.20. The van der Waals surface area contributed by atoms with Gasteiger partial charge in [-0.3, -0.25) is 14.9 Å². The molecule has 1 aliphatic carbocycles. The summed E-state index contributed by atoms with van der Waals surface area (Å²) in [6.45, 7) is 0.947. The van der Waals surface area contributed by atoms with Gasteiger partial charge < -0.3 is 10.6 Å². The van der Waals surface area contributed by atoms with Gasteiger partial charge in [0.25, 0.3) is 11.6 Å². The van der Waals surface area contributed by atoms with Crippen molar-refractivity contribution < 1.29 is 14.1 Å². The van der Waals surface area contributed by atoms with Crippen LogP contribution in [0.4, 0.5) is 10.1 Å². The topological polar surface area (TPSA) is 84.3 Å². The first-order valence-electron chi connectivity index (χ1n) is 8.03. The Bertz CT molecular complexity index is 558. The molecule has 1 fully saturated rings. The SMILES string of the molecule is O=C(NCCNC1CCCCCC1)c1cc(F)ccc1[N+](=O)[O-]. The molecule has 1 aromatic rings. The van der Waals surface area contributed by atoms with E-state index in [1.54, 1.807) is 0 Å². The van der Waals surface area contributed by atoms with Crippen LogP contribution in [0.2, 0.25) is 0 Å². The van der Waals surface area contributed by atoms with Gasteiger partial charge >= 0.3 is 0 Å². The van der Waals surface area contributed by atoms with Crippen LogP contribution in [0, 0.1) is 15.9 Å². The molecule has 0 bridgehead atoms. The van der Waals surface area contributed by atoms with Gasteiger partial charge in [0.1, 0.15) is 11.4 Å². The summed E-state index contributed by atoms with van der Waals surface area (Å²) < 4.78 is 13.2. The first-order chi connectivity index (χ1) is 11.1. The van der Waals surface area contributed by atoms with Crippen molar-refractivity contribution in [3.05, 3.63) is 39.7 Å². The minimum atomic E-state index is -0.682. The Hall–Kier alpha value is -2.02. The lowest BCUT2D eigenvalue weighted by molar-refractivity contribution is -0.385. The van der Waals surface area contributed by atoms with E-state index < -0.39 is 16.6 Å². The van der Waals surface area contributed by atoms with Gasteiger partial charge in [0, 0.05) is 25.2 Å². The molecule has 0 heterocycles. The summed E-state index contributed by atoms with van der Waals surface area (Å²) in [6, 6.07) is 3.35. The van der Waals surface area contributed by atoms with E-state index in [4.69, 9.17) is 0 Å². The van der Waals surface area contributed by atoms with Crippen molar-refractivity contribution in [2.75, 3.05) is 13.1 Å². The van der Waals surface area contributed by atoms with Crippen molar-refractivity contribution in [2.45, 2.75) is 44.6 Å². The number of halogens is 1. The van der Waals surface area contributed by atoms with E-state index in [1.807, 2.05) is 0 Å². The van der Waals surface area contributed by atoms with E-state index in [-0.39, 0.29) is 11.3 Å². The van der Waals surface area contributed by atoms with Crippen molar-refractivity contribution in [3.8, 4) is 0 Å². The molecule has 1 aliphatic rings. The molecular formula is C16H22FN3O3. The number of hydrogen-bond acceptors (Lipinski definition) is 4. The molecule has 6 nitrogen and oxygen atoms in total. The summed E-state index contributed by atoms with van der Waals surface area (Å²) in [5, 5.41) is 16.9. The van der Waals surface area contributed by atoms with Crippen LogP contribution in [-0.2, 0) is 0 Å². The molecule has 1 saturated carbocycles. The Morgan fingerprint density at radius 1 is 1.22 bits per heavy atom. The van der Waals surface area contributed by atoms with Gasteiger partial charge in [-0.25, -0.2) is 4.39 Å². The average Bonchev–Trinajstić information content (AvgIpc) is 2.79. The number of nitrogens with one attached hydrogen (secondary N) is 2. The molecule has 0 unspecified atom stereocenters. The number of benzene rings is 1. The smallest absolute Gasteiger partial charge is 0.282 e. The van der Waals surface area contributed by atoms with Gasteiger partial charge in [-0.1, -0.05) is 25.7 Å². The Kier molecular flexibility index (Phi) is 6.46. The van der Waals surface area contributed by atoms with Crippen LogP contribution in [0.1, 0.15) is 48.9 Å². The Balaban J connectivity index is 1.83. The molecule has 0 aromatic heterocycles. The number of carbonyl (C=O) groups excluding carboxylic acids is 1. The second-order valence-electron chi connectivity index (χ2n) is 5.82. The Morgan fingerprint density at radius 3 is 2.57 bits per heavy atom. The predicted octanol–water partition coefficient (Wildman–Crippen LogP) is 2.78. The summed E-state index contributed by atoms with van der Waals surface area (Å²) in [6.07, 6.45) is 7.28. The van der Waals surface area contributed by atoms with Crippen molar-refractivity contribution in [1.82, 2.24) is 10.6 Å². The molecular weight excluding hydrogens is 301 g/mol. The highest BCUT2D eigenvalue weighted by Crippen LogP contribution is 2.19. The number of hydrogen-bond donors (Lipinski definition) is 2. The number of rotatable bonds is 6. The van der Waals surface area contributed by atoms with Gasteiger partial charge in [-0.15, -0.1) is 0 Å². The fourth-order valence-corrected chi connectivity index (χ4v) is 2.88. The highest BCUT2D eigenvalue weighted by molar-refractivity contribution is 5.98. The summed E-state index contributed by atoms with van der Waals surface area (Å²) in [7, 11) is 0. The lowest BCUT2D eigenvalue weighted by Crippen LogP contribution is -2.37. The standard InChI is InChI=1S/C16H22FN3O3/c17-12-7-8-15(20(22)23)14(11-12)16(21)19-10-9-18-13-5-3-1-2-4-6-13/h7-8,11,13,18H,1-6,9-10H2,(H,19,21). The van der Waals surface area contributed by atoms with Crippen molar-refractivity contribution in [1.29, 1.82) is 0 Å². The zero-order chi connectivity index (χ0) is 16.7. The van der Waals surface area contributed by atoms with E-state index in [9.17, 15) is 19.3 Å². The van der Waals surface area contributed by atoms with Crippen molar-refractivity contribution in [2.24, 2.45) is 0 Å². The molecule has 0 spiro atoms. The summed E-state index contributed by atoms with van der Waals surface area (Å²) >= 11 is 0. The van der Waals surface area contributed by atoms with Gasteiger partial charge in [0.2, 0.25) is 0 Å². The van der Waals surface area contributed by atoms with Gasteiger partial charge in [0.15, 0.2) is 0 Å². The minimum absolute atomic E-state index is 0.246. The summed E-state index contributed by atoms with van der Waals surface area (Å²) in [4.78, 5) is 22.2. The first kappa shape index (κ1) is 17.3. The van der Waals surface area contributed by atoms with Gasteiger partial charge in [-0.2, -0.15) is 0 Å². The second kappa shape index (κ2) is 8.57. The third-order valence-corrected chi connectivity index (χ3v) is 4.10. The molecule has 0 aliphatic heterocycles. The normalized spacial score (nSPS) is 15.9.